The van der Waals surface area contributed by atoms with Crippen LogP contribution in [0.25, 0.3) is 16.5 Å². The predicted molar refractivity (Wildman–Crippen MR) is 58.3 cm³/mol. The standard InChI is InChI=1S/C9H11N5/c10-8-4-3-7(6-9(8)11)2-1-5-13-14-12/h1-4,6H,5,10-11H2. The Hall–Kier alpha value is -2.13. The first-order valence-electron chi connectivity index (χ1n) is 4.06. The molecule has 0 amide bonds. The molecule has 5 heteroatoms. The average Bonchev–Trinajstić information content (AvgIpc) is 2.18. The molecule has 0 aromatic heterocycles. The van der Waals surface area contributed by atoms with E-state index in [0.29, 0.717) is 17.9 Å². The van der Waals surface area contributed by atoms with Crippen LogP contribution in [-0.4, -0.2) is 6.54 Å². The van der Waals surface area contributed by atoms with Crippen molar-refractivity contribution in [2.75, 3.05) is 18.0 Å². The number of nitrogen functional groups attached to an aromatic ring is 2. The summed E-state index contributed by atoms with van der Waals surface area (Å²) in [7, 11) is 0. The lowest BCUT2D eigenvalue weighted by Gasteiger charge is -2.00. The molecule has 0 aliphatic heterocycles. The maximum Gasteiger partial charge on any atom is 0.0553 e. The van der Waals surface area contributed by atoms with Crippen LogP contribution >= 0.6 is 0 Å². The number of nitrogens with zero attached hydrogens (tertiary/aromatic N) is 3. The highest BCUT2D eigenvalue weighted by atomic mass is 15.1. The molecule has 0 atom stereocenters. The number of rotatable bonds is 3. The van der Waals surface area contributed by atoms with Crippen molar-refractivity contribution in [2.24, 2.45) is 5.11 Å². The normalized spacial score (nSPS) is 10.0. The van der Waals surface area contributed by atoms with E-state index in [1.807, 2.05) is 12.1 Å². The van der Waals surface area contributed by atoms with Gasteiger partial charge in [0.1, 0.15) is 0 Å². The van der Waals surface area contributed by atoms with E-state index in [1.165, 1.54) is 0 Å². The van der Waals surface area contributed by atoms with Crippen molar-refractivity contribution in [1.29, 1.82) is 0 Å². The highest BCUT2D eigenvalue weighted by Gasteiger charge is 1.93. The fourth-order valence-corrected chi connectivity index (χ4v) is 0.969. The number of azide groups is 1. The predicted octanol–water partition coefficient (Wildman–Crippen LogP) is 2.17. The van der Waals surface area contributed by atoms with Crippen LogP contribution in [0.1, 0.15) is 5.56 Å². The minimum absolute atomic E-state index is 0.334. The van der Waals surface area contributed by atoms with Crippen molar-refractivity contribution in [3.8, 4) is 0 Å². The average molecular weight is 189 g/mol. The summed E-state index contributed by atoms with van der Waals surface area (Å²) in [6.45, 7) is 0.334. The van der Waals surface area contributed by atoms with Gasteiger partial charge < -0.3 is 11.5 Å². The third-order valence-corrected chi connectivity index (χ3v) is 1.67. The van der Waals surface area contributed by atoms with Gasteiger partial charge in [0.05, 0.1) is 11.4 Å². The van der Waals surface area contributed by atoms with Crippen LogP contribution in [0.15, 0.2) is 29.4 Å². The molecule has 0 unspecified atom stereocenters. The third kappa shape index (κ3) is 2.73. The first-order chi connectivity index (χ1) is 6.74. The SMILES string of the molecule is [N-]=[N+]=NCC=Cc1ccc(N)c(N)c1. The smallest absolute Gasteiger partial charge is 0.0553 e. The quantitative estimate of drug-likeness (QED) is 0.329. The maximum absolute atomic E-state index is 8.03. The van der Waals surface area contributed by atoms with Gasteiger partial charge in [-0.2, -0.15) is 0 Å². The molecule has 0 fully saturated rings. The largest absolute Gasteiger partial charge is 0.397 e. The molecule has 1 aromatic rings. The second-order valence-corrected chi connectivity index (χ2v) is 2.70. The lowest BCUT2D eigenvalue weighted by atomic mass is 10.1. The minimum atomic E-state index is 0.334. The van der Waals surface area contributed by atoms with Gasteiger partial charge in [-0.05, 0) is 23.2 Å². The third-order valence-electron chi connectivity index (χ3n) is 1.67. The topological polar surface area (TPSA) is 101 Å². The van der Waals surface area contributed by atoms with Crippen LogP contribution in [0, 0.1) is 0 Å². The Morgan fingerprint density at radius 2 is 2.14 bits per heavy atom. The zero-order valence-corrected chi connectivity index (χ0v) is 7.59. The van der Waals surface area contributed by atoms with E-state index in [2.05, 4.69) is 10.0 Å². The van der Waals surface area contributed by atoms with E-state index < -0.39 is 0 Å². The van der Waals surface area contributed by atoms with Gasteiger partial charge in [0.25, 0.3) is 0 Å². The Morgan fingerprint density at radius 1 is 1.36 bits per heavy atom. The Kier molecular flexibility index (Phi) is 3.41. The summed E-state index contributed by atoms with van der Waals surface area (Å²) >= 11 is 0. The van der Waals surface area contributed by atoms with Crippen molar-refractivity contribution in [3.05, 3.63) is 40.3 Å². The molecule has 0 saturated heterocycles. The Labute approximate surface area is 81.7 Å². The van der Waals surface area contributed by atoms with Crippen LogP contribution in [-0.2, 0) is 0 Å². The molecule has 1 aromatic carbocycles. The van der Waals surface area contributed by atoms with E-state index in [-0.39, 0.29) is 0 Å². The molecule has 72 valence electrons. The number of hydrogen-bond donors (Lipinski definition) is 2. The van der Waals surface area contributed by atoms with Crippen LogP contribution in [0.2, 0.25) is 0 Å². The zero-order valence-electron chi connectivity index (χ0n) is 7.59. The monoisotopic (exact) mass is 189 g/mol. The van der Waals surface area contributed by atoms with Gasteiger partial charge in [-0.25, -0.2) is 0 Å². The first kappa shape index (κ1) is 9.95. The van der Waals surface area contributed by atoms with Crippen LogP contribution < -0.4 is 11.5 Å². The van der Waals surface area contributed by atoms with Crippen molar-refractivity contribution in [2.45, 2.75) is 0 Å². The molecule has 0 radical (unpaired) electrons. The molecule has 4 N–H and O–H groups in total. The lowest BCUT2D eigenvalue weighted by Crippen LogP contribution is -1.93. The lowest BCUT2D eigenvalue weighted by molar-refractivity contribution is 1.22. The second kappa shape index (κ2) is 4.79. The van der Waals surface area contributed by atoms with Crippen molar-refractivity contribution in [1.82, 2.24) is 0 Å². The summed E-state index contributed by atoms with van der Waals surface area (Å²) in [5.74, 6) is 0. The summed E-state index contributed by atoms with van der Waals surface area (Å²) < 4.78 is 0. The first-order valence-corrected chi connectivity index (χ1v) is 4.06. The molecule has 0 spiro atoms. The molecule has 0 bridgehead atoms. The molecule has 14 heavy (non-hydrogen) atoms. The summed E-state index contributed by atoms with van der Waals surface area (Å²) in [5.41, 5.74) is 21.2. The Bertz CT molecular complexity index is 390. The summed E-state index contributed by atoms with van der Waals surface area (Å²) in [5, 5.41) is 3.36. The van der Waals surface area contributed by atoms with Gasteiger partial charge in [0, 0.05) is 11.5 Å². The fraction of sp³-hybridized carbons (Fsp3) is 0.111. The van der Waals surface area contributed by atoms with Gasteiger partial charge in [0.15, 0.2) is 0 Å². The summed E-state index contributed by atoms with van der Waals surface area (Å²) in [6.07, 6.45) is 3.58. The highest BCUT2D eigenvalue weighted by molar-refractivity contribution is 5.68. The van der Waals surface area contributed by atoms with E-state index >= 15 is 0 Å². The molecule has 0 aliphatic carbocycles. The molecule has 0 saturated carbocycles. The Morgan fingerprint density at radius 3 is 2.79 bits per heavy atom. The van der Waals surface area contributed by atoms with Gasteiger partial charge in [-0.1, -0.05) is 23.3 Å². The molecular weight excluding hydrogens is 178 g/mol. The Balaban J connectivity index is 2.72. The summed E-state index contributed by atoms with van der Waals surface area (Å²) in [6, 6.07) is 5.35. The van der Waals surface area contributed by atoms with Crippen LogP contribution in [0.4, 0.5) is 11.4 Å². The summed E-state index contributed by atoms with van der Waals surface area (Å²) in [4.78, 5) is 2.63. The van der Waals surface area contributed by atoms with E-state index in [9.17, 15) is 0 Å². The molecular formula is C9H11N5. The van der Waals surface area contributed by atoms with Gasteiger partial charge in [0.2, 0.25) is 0 Å². The number of nitrogens with two attached hydrogens (primary N) is 2. The zero-order chi connectivity index (χ0) is 10.4. The van der Waals surface area contributed by atoms with E-state index in [4.69, 9.17) is 17.0 Å². The second-order valence-electron chi connectivity index (χ2n) is 2.70. The minimum Gasteiger partial charge on any atom is -0.397 e. The van der Waals surface area contributed by atoms with E-state index in [1.54, 1.807) is 18.2 Å². The van der Waals surface area contributed by atoms with Gasteiger partial charge in [-0.15, -0.1) is 0 Å². The van der Waals surface area contributed by atoms with Gasteiger partial charge >= 0.3 is 0 Å². The molecule has 5 nitrogen and oxygen atoms in total. The van der Waals surface area contributed by atoms with Crippen molar-refractivity contribution < 1.29 is 0 Å². The highest BCUT2D eigenvalue weighted by Crippen LogP contribution is 2.16. The fourth-order valence-electron chi connectivity index (χ4n) is 0.969. The molecule has 0 aliphatic rings. The van der Waals surface area contributed by atoms with Crippen LogP contribution in [0.5, 0.6) is 0 Å². The van der Waals surface area contributed by atoms with Gasteiger partial charge in [-0.3, -0.25) is 0 Å². The molecule has 1 rings (SSSR count). The number of benzene rings is 1. The maximum atomic E-state index is 8.03. The molecule has 0 heterocycles. The number of hydrogen-bond acceptors (Lipinski definition) is 3. The van der Waals surface area contributed by atoms with E-state index in [0.717, 1.165) is 5.56 Å². The van der Waals surface area contributed by atoms with Crippen LogP contribution in [0.3, 0.4) is 0 Å². The van der Waals surface area contributed by atoms with Crippen molar-refractivity contribution in [3.63, 3.8) is 0 Å². The van der Waals surface area contributed by atoms with Crippen molar-refractivity contribution >= 4 is 17.5 Å². The number of anilines is 2.